The quantitative estimate of drug-likeness (QED) is 0.641. The summed E-state index contributed by atoms with van der Waals surface area (Å²) >= 11 is 0. The first-order chi connectivity index (χ1) is 13.9. The molecule has 1 unspecified atom stereocenters. The van der Waals surface area contributed by atoms with Crippen molar-refractivity contribution in [2.45, 2.75) is 18.9 Å². The summed E-state index contributed by atoms with van der Waals surface area (Å²) in [6, 6.07) is 7.36. The van der Waals surface area contributed by atoms with E-state index in [1.807, 2.05) is 0 Å². The van der Waals surface area contributed by atoms with E-state index in [9.17, 15) is 18.8 Å². The van der Waals surface area contributed by atoms with E-state index in [-0.39, 0.29) is 24.3 Å². The predicted octanol–water partition coefficient (Wildman–Crippen LogP) is 1.41. The van der Waals surface area contributed by atoms with Gasteiger partial charge in [-0.25, -0.2) is 14.2 Å². The van der Waals surface area contributed by atoms with Crippen molar-refractivity contribution in [2.75, 3.05) is 23.4 Å². The molecule has 1 saturated heterocycles. The maximum atomic E-state index is 14.7. The fraction of sp³-hybridized carbons (Fsp3) is 0.263. The number of pyridine rings is 1. The largest absolute Gasteiger partial charge is 0.444 e. The topological polar surface area (TPSA) is 135 Å². The van der Waals surface area contributed by atoms with Crippen LogP contribution < -0.4 is 16.0 Å². The zero-order chi connectivity index (χ0) is 21.0. The molecule has 9 nitrogen and oxygen atoms in total. The van der Waals surface area contributed by atoms with Crippen molar-refractivity contribution in [1.82, 2.24) is 4.98 Å². The average molecular weight is 402 g/mol. The van der Waals surface area contributed by atoms with Crippen LogP contribution in [0.4, 0.5) is 20.7 Å². The minimum absolute atomic E-state index is 0.0981. The van der Waals surface area contributed by atoms with Gasteiger partial charge < -0.3 is 20.9 Å². The number of hydrogen-bond donors (Lipinski definition) is 3. The molecule has 0 saturated carbocycles. The van der Waals surface area contributed by atoms with Gasteiger partial charge in [0.1, 0.15) is 24.3 Å². The van der Waals surface area contributed by atoms with Gasteiger partial charge in [-0.05, 0) is 36.8 Å². The number of aromatic nitrogens is 1. The Morgan fingerprint density at radius 1 is 1.34 bits per heavy atom. The molecule has 1 fully saturated rings. The second-order valence-electron chi connectivity index (χ2n) is 6.42. The minimum atomic E-state index is -0.665. The highest BCUT2D eigenvalue weighted by molar-refractivity contribution is 5.91. The summed E-state index contributed by atoms with van der Waals surface area (Å²) in [6.07, 6.45) is 0.694. The van der Waals surface area contributed by atoms with E-state index in [2.05, 4.69) is 10.3 Å². The number of benzene rings is 1. The zero-order valence-corrected chi connectivity index (χ0v) is 15.3. The van der Waals surface area contributed by atoms with Gasteiger partial charge in [-0.1, -0.05) is 0 Å². The van der Waals surface area contributed by atoms with Gasteiger partial charge in [-0.15, -0.1) is 0 Å². The van der Waals surface area contributed by atoms with Crippen LogP contribution in [-0.2, 0) is 14.3 Å². The third-order valence-corrected chi connectivity index (χ3v) is 4.34. The third kappa shape index (κ3) is 4.85. The lowest BCUT2D eigenvalue weighted by Gasteiger charge is -2.14. The molecule has 1 aliphatic heterocycles. The Kier molecular flexibility index (Phi) is 6.03. The molecule has 0 radical (unpaired) electrons. The molecule has 3 rings (SSSR count). The molecule has 29 heavy (non-hydrogen) atoms. The molecule has 1 aromatic carbocycles. The lowest BCUT2D eigenvalue weighted by atomic mass is 10.1. The van der Waals surface area contributed by atoms with E-state index in [0.717, 1.165) is 0 Å². The number of ether oxygens (including phenoxy) is 1. The molecule has 1 aliphatic rings. The maximum absolute atomic E-state index is 14.7. The van der Waals surface area contributed by atoms with E-state index >= 15 is 0 Å². The standard InChI is InChI=1S/C19H19FN4O5/c20-15-7-12(24-9-13(29-19(24)28)3-5-16(21)26)2-4-14(15)11-1-6-17(22-8-11)23-18(27)10-25/h1-2,4,6-8,13,25H,3,5,9-10H2,(H2,21,26)(H,22,23,27). The number of amides is 3. The molecule has 3 amide bonds. The highest BCUT2D eigenvalue weighted by Crippen LogP contribution is 2.29. The van der Waals surface area contributed by atoms with Crippen LogP contribution in [-0.4, -0.2) is 47.3 Å². The molecule has 10 heteroatoms. The van der Waals surface area contributed by atoms with Crippen LogP contribution in [0.1, 0.15) is 12.8 Å². The minimum Gasteiger partial charge on any atom is -0.444 e. The monoisotopic (exact) mass is 402 g/mol. The fourth-order valence-corrected chi connectivity index (χ4v) is 2.90. The Hall–Kier alpha value is -3.53. The number of carbonyl (C=O) groups excluding carboxylic acids is 3. The van der Waals surface area contributed by atoms with Crippen LogP contribution >= 0.6 is 0 Å². The summed E-state index contributed by atoms with van der Waals surface area (Å²) < 4.78 is 19.8. The van der Waals surface area contributed by atoms with Crippen molar-refractivity contribution in [1.29, 1.82) is 0 Å². The molecule has 1 aromatic heterocycles. The van der Waals surface area contributed by atoms with Crippen LogP contribution in [0, 0.1) is 5.82 Å². The van der Waals surface area contributed by atoms with Crippen LogP contribution in [0.3, 0.4) is 0 Å². The summed E-state index contributed by atoms with van der Waals surface area (Å²) in [4.78, 5) is 39.4. The molecule has 152 valence electrons. The number of primary amides is 1. The van der Waals surface area contributed by atoms with E-state index in [1.165, 1.54) is 29.3 Å². The molecule has 0 spiro atoms. The van der Waals surface area contributed by atoms with Crippen molar-refractivity contribution >= 4 is 29.4 Å². The van der Waals surface area contributed by atoms with E-state index < -0.39 is 36.4 Å². The third-order valence-electron chi connectivity index (χ3n) is 4.34. The molecule has 4 N–H and O–H groups in total. The molecule has 0 bridgehead atoms. The predicted molar refractivity (Wildman–Crippen MR) is 101 cm³/mol. The second kappa shape index (κ2) is 8.65. The number of aliphatic hydroxyl groups is 1. The highest BCUT2D eigenvalue weighted by Gasteiger charge is 2.32. The molecule has 0 aliphatic carbocycles. The van der Waals surface area contributed by atoms with E-state index in [4.69, 9.17) is 15.6 Å². The summed E-state index contributed by atoms with van der Waals surface area (Å²) in [6.45, 7) is -0.465. The number of nitrogens with one attached hydrogen (secondary N) is 1. The number of aliphatic hydroxyl groups excluding tert-OH is 1. The number of nitrogens with zero attached hydrogens (tertiary/aromatic N) is 2. The van der Waals surface area contributed by atoms with Gasteiger partial charge in [0.15, 0.2) is 0 Å². The highest BCUT2D eigenvalue weighted by atomic mass is 19.1. The Balaban J connectivity index is 1.72. The Bertz CT molecular complexity index is 935. The number of rotatable bonds is 7. The Labute approximate surface area is 165 Å². The molecular weight excluding hydrogens is 383 g/mol. The van der Waals surface area contributed by atoms with Gasteiger partial charge in [0, 0.05) is 23.7 Å². The van der Waals surface area contributed by atoms with Gasteiger partial charge in [0.25, 0.3) is 5.91 Å². The van der Waals surface area contributed by atoms with Gasteiger partial charge in [0.2, 0.25) is 5.91 Å². The van der Waals surface area contributed by atoms with Gasteiger partial charge in [-0.3, -0.25) is 14.5 Å². The van der Waals surface area contributed by atoms with Crippen molar-refractivity contribution in [2.24, 2.45) is 5.73 Å². The molecule has 1 atom stereocenters. The van der Waals surface area contributed by atoms with Crippen molar-refractivity contribution < 1.29 is 28.6 Å². The lowest BCUT2D eigenvalue weighted by Crippen LogP contribution is -2.25. The maximum Gasteiger partial charge on any atom is 0.414 e. The number of anilines is 2. The number of carbonyl (C=O) groups is 3. The first kappa shape index (κ1) is 20.2. The van der Waals surface area contributed by atoms with E-state index in [0.29, 0.717) is 17.7 Å². The summed E-state index contributed by atoms with van der Waals surface area (Å²) in [5.74, 6) is -1.42. The first-order valence-electron chi connectivity index (χ1n) is 8.80. The number of halogens is 1. The number of nitrogens with two attached hydrogens (primary N) is 1. The van der Waals surface area contributed by atoms with Crippen molar-refractivity contribution in [3.05, 3.63) is 42.3 Å². The normalized spacial score (nSPS) is 15.9. The molecule has 2 heterocycles. The Morgan fingerprint density at radius 3 is 2.76 bits per heavy atom. The smallest absolute Gasteiger partial charge is 0.414 e. The molecular formula is C19H19FN4O5. The SMILES string of the molecule is NC(=O)CCC1CN(c2ccc(-c3ccc(NC(=O)CO)nc3)c(F)c2)C(=O)O1. The van der Waals surface area contributed by atoms with Crippen LogP contribution in [0.5, 0.6) is 0 Å². The second-order valence-corrected chi connectivity index (χ2v) is 6.42. The average Bonchev–Trinajstić information content (AvgIpc) is 3.07. The van der Waals surface area contributed by atoms with Crippen LogP contribution in [0.25, 0.3) is 11.1 Å². The Morgan fingerprint density at radius 2 is 2.14 bits per heavy atom. The molecule has 2 aromatic rings. The summed E-state index contributed by atoms with van der Waals surface area (Å²) in [7, 11) is 0. The lowest BCUT2D eigenvalue weighted by molar-refractivity contribution is -0.119. The van der Waals surface area contributed by atoms with Crippen LogP contribution in [0.2, 0.25) is 0 Å². The van der Waals surface area contributed by atoms with Gasteiger partial charge >= 0.3 is 6.09 Å². The van der Waals surface area contributed by atoms with Crippen LogP contribution in [0.15, 0.2) is 36.5 Å². The summed E-state index contributed by atoms with van der Waals surface area (Å²) in [5.41, 5.74) is 6.17. The van der Waals surface area contributed by atoms with E-state index in [1.54, 1.807) is 12.1 Å². The van der Waals surface area contributed by atoms with Gasteiger partial charge in [0.05, 0.1) is 12.2 Å². The number of cyclic esters (lactones) is 1. The zero-order valence-electron chi connectivity index (χ0n) is 15.3. The number of hydrogen-bond acceptors (Lipinski definition) is 6. The fourth-order valence-electron chi connectivity index (χ4n) is 2.90. The van der Waals surface area contributed by atoms with Gasteiger partial charge in [-0.2, -0.15) is 0 Å². The summed E-state index contributed by atoms with van der Waals surface area (Å²) in [5, 5.41) is 11.1. The van der Waals surface area contributed by atoms with Crippen molar-refractivity contribution in [3.8, 4) is 11.1 Å². The van der Waals surface area contributed by atoms with Crippen molar-refractivity contribution in [3.63, 3.8) is 0 Å². The first-order valence-corrected chi connectivity index (χ1v) is 8.80.